The van der Waals surface area contributed by atoms with Crippen molar-refractivity contribution < 1.29 is 4.79 Å². The second-order valence-electron chi connectivity index (χ2n) is 4.83. The zero-order chi connectivity index (χ0) is 15.9. The predicted octanol–water partition coefficient (Wildman–Crippen LogP) is 2.55. The van der Waals surface area contributed by atoms with Crippen LogP contribution in [0.4, 0.5) is 11.6 Å². The first-order valence-electron chi connectivity index (χ1n) is 7.12. The van der Waals surface area contributed by atoms with Crippen LogP contribution in [0.1, 0.15) is 15.9 Å². The molecule has 2 heterocycles. The molecule has 2 N–H and O–H groups in total. The Balaban J connectivity index is 1.65. The van der Waals surface area contributed by atoms with E-state index in [1.54, 1.807) is 30.7 Å². The molecule has 0 radical (unpaired) electrons. The molecule has 3 rings (SSSR count). The van der Waals surface area contributed by atoms with Crippen LogP contribution in [0.25, 0.3) is 0 Å². The molecule has 6 nitrogen and oxygen atoms in total. The standard InChI is InChI=1S/C17H15N5O/c23-16(21-10-13-5-2-1-3-6-13)14-9-15(12-18-11-14)22-17-19-7-4-8-20-17/h1-9,11-12H,10H2,(H,21,23)(H,19,20,22). The number of pyridine rings is 1. The van der Waals surface area contributed by atoms with Crippen molar-refractivity contribution in [2.45, 2.75) is 6.54 Å². The third-order valence-electron chi connectivity index (χ3n) is 3.12. The molecule has 0 aliphatic carbocycles. The van der Waals surface area contributed by atoms with Crippen LogP contribution in [0, 0.1) is 0 Å². The molecule has 0 spiro atoms. The van der Waals surface area contributed by atoms with Crippen molar-refractivity contribution in [2.24, 2.45) is 0 Å². The molecule has 0 aliphatic rings. The van der Waals surface area contributed by atoms with E-state index in [0.717, 1.165) is 5.56 Å². The van der Waals surface area contributed by atoms with Crippen LogP contribution in [0.15, 0.2) is 67.3 Å². The fourth-order valence-electron chi connectivity index (χ4n) is 2.01. The molecule has 0 saturated carbocycles. The minimum absolute atomic E-state index is 0.181. The van der Waals surface area contributed by atoms with Crippen LogP contribution in [0.3, 0.4) is 0 Å². The van der Waals surface area contributed by atoms with Gasteiger partial charge in [0.25, 0.3) is 5.91 Å². The molecule has 3 aromatic rings. The van der Waals surface area contributed by atoms with E-state index >= 15 is 0 Å². The van der Waals surface area contributed by atoms with Crippen LogP contribution in [0.5, 0.6) is 0 Å². The summed E-state index contributed by atoms with van der Waals surface area (Å²) in [5, 5.41) is 5.88. The van der Waals surface area contributed by atoms with Gasteiger partial charge in [0, 0.05) is 25.1 Å². The second-order valence-corrected chi connectivity index (χ2v) is 4.83. The van der Waals surface area contributed by atoms with E-state index in [-0.39, 0.29) is 5.91 Å². The molecule has 0 atom stereocenters. The minimum Gasteiger partial charge on any atom is -0.348 e. The third kappa shape index (κ3) is 4.10. The fourth-order valence-corrected chi connectivity index (χ4v) is 2.01. The van der Waals surface area contributed by atoms with Crippen LogP contribution in [0.2, 0.25) is 0 Å². The van der Waals surface area contributed by atoms with E-state index in [9.17, 15) is 4.79 Å². The first-order chi connectivity index (χ1) is 11.3. The molecule has 23 heavy (non-hydrogen) atoms. The fraction of sp³-hybridized carbons (Fsp3) is 0.0588. The van der Waals surface area contributed by atoms with Crippen molar-refractivity contribution in [3.8, 4) is 0 Å². The van der Waals surface area contributed by atoms with Gasteiger partial charge < -0.3 is 10.6 Å². The van der Waals surface area contributed by atoms with Gasteiger partial charge in [-0.15, -0.1) is 0 Å². The van der Waals surface area contributed by atoms with Crippen molar-refractivity contribution in [2.75, 3.05) is 5.32 Å². The van der Waals surface area contributed by atoms with Gasteiger partial charge in [0.1, 0.15) is 0 Å². The lowest BCUT2D eigenvalue weighted by Crippen LogP contribution is -2.23. The summed E-state index contributed by atoms with van der Waals surface area (Å²) in [6.45, 7) is 0.471. The Bertz CT molecular complexity index is 777. The van der Waals surface area contributed by atoms with Crippen LogP contribution in [-0.4, -0.2) is 20.9 Å². The lowest BCUT2D eigenvalue weighted by atomic mass is 10.2. The van der Waals surface area contributed by atoms with E-state index < -0.39 is 0 Å². The maximum absolute atomic E-state index is 12.2. The Morgan fingerprint density at radius 3 is 2.57 bits per heavy atom. The number of nitrogens with zero attached hydrogens (tertiary/aromatic N) is 3. The number of carbonyl (C=O) groups is 1. The summed E-state index contributed by atoms with van der Waals surface area (Å²) < 4.78 is 0. The van der Waals surface area contributed by atoms with Crippen molar-refractivity contribution >= 4 is 17.5 Å². The highest BCUT2D eigenvalue weighted by molar-refractivity contribution is 5.94. The smallest absolute Gasteiger partial charge is 0.253 e. The number of rotatable bonds is 5. The van der Waals surface area contributed by atoms with E-state index in [1.165, 1.54) is 6.20 Å². The first-order valence-corrected chi connectivity index (χ1v) is 7.12. The van der Waals surface area contributed by atoms with Gasteiger partial charge in [-0.3, -0.25) is 9.78 Å². The average molecular weight is 305 g/mol. The molecule has 0 saturated heterocycles. The van der Waals surface area contributed by atoms with Crippen molar-refractivity contribution in [1.29, 1.82) is 0 Å². The summed E-state index contributed by atoms with van der Waals surface area (Å²) in [4.78, 5) is 24.4. The van der Waals surface area contributed by atoms with Gasteiger partial charge in [0.2, 0.25) is 5.95 Å². The van der Waals surface area contributed by atoms with E-state index in [1.807, 2.05) is 30.3 Å². The van der Waals surface area contributed by atoms with Gasteiger partial charge in [0.05, 0.1) is 17.4 Å². The van der Waals surface area contributed by atoms with Gasteiger partial charge in [-0.1, -0.05) is 30.3 Å². The summed E-state index contributed by atoms with van der Waals surface area (Å²) >= 11 is 0. The van der Waals surface area contributed by atoms with E-state index in [2.05, 4.69) is 25.6 Å². The normalized spacial score (nSPS) is 10.1. The van der Waals surface area contributed by atoms with Crippen molar-refractivity contribution in [3.63, 3.8) is 0 Å². The minimum atomic E-state index is -0.181. The van der Waals surface area contributed by atoms with E-state index in [4.69, 9.17) is 0 Å². The third-order valence-corrected chi connectivity index (χ3v) is 3.12. The number of benzene rings is 1. The van der Waals surface area contributed by atoms with Gasteiger partial charge in [-0.25, -0.2) is 9.97 Å². The Hall–Kier alpha value is -3.28. The zero-order valence-corrected chi connectivity index (χ0v) is 12.3. The molecule has 2 aromatic heterocycles. The Morgan fingerprint density at radius 1 is 1.00 bits per heavy atom. The summed E-state index contributed by atoms with van der Waals surface area (Å²) in [5.74, 6) is 0.273. The molecule has 0 aliphatic heterocycles. The number of hydrogen-bond donors (Lipinski definition) is 2. The van der Waals surface area contributed by atoms with Crippen molar-refractivity contribution in [3.05, 3.63) is 78.4 Å². The molecule has 1 aromatic carbocycles. The number of carbonyl (C=O) groups excluding carboxylic acids is 1. The second kappa shape index (κ2) is 7.13. The topological polar surface area (TPSA) is 79.8 Å². The molecular formula is C17H15N5O. The number of aromatic nitrogens is 3. The summed E-state index contributed by atoms with van der Waals surface area (Å²) in [6.07, 6.45) is 6.42. The quantitative estimate of drug-likeness (QED) is 0.757. The van der Waals surface area contributed by atoms with Crippen LogP contribution < -0.4 is 10.6 Å². The maximum Gasteiger partial charge on any atom is 0.253 e. The van der Waals surface area contributed by atoms with Crippen LogP contribution >= 0.6 is 0 Å². The molecule has 0 bridgehead atoms. The summed E-state index contributed by atoms with van der Waals surface area (Å²) in [5.41, 5.74) is 2.17. The molecule has 0 unspecified atom stereocenters. The molecule has 1 amide bonds. The van der Waals surface area contributed by atoms with Crippen molar-refractivity contribution in [1.82, 2.24) is 20.3 Å². The number of nitrogens with one attached hydrogen (secondary N) is 2. The van der Waals surface area contributed by atoms with E-state index in [0.29, 0.717) is 23.7 Å². The lowest BCUT2D eigenvalue weighted by Gasteiger charge is -2.07. The van der Waals surface area contributed by atoms with Gasteiger partial charge in [-0.05, 0) is 17.7 Å². The largest absolute Gasteiger partial charge is 0.348 e. The first kappa shape index (κ1) is 14.6. The van der Waals surface area contributed by atoms with Crippen LogP contribution in [-0.2, 0) is 6.54 Å². The Morgan fingerprint density at radius 2 is 1.78 bits per heavy atom. The Labute approximate surface area is 133 Å². The van der Waals surface area contributed by atoms with Gasteiger partial charge >= 0.3 is 0 Å². The SMILES string of the molecule is O=C(NCc1ccccc1)c1cncc(Nc2ncccn2)c1. The number of anilines is 2. The zero-order valence-electron chi connectivity index (χ0n) is 12.3. The summed E-state index contributed by atoms with van der Waals surface area (Å²) in [7, 11) is 0. The van der Waals surface area contributed by atoms with Gasteiger partial charge in [-0.2, -0.15) is 0 Å². The predicted molar refractivity (Wildman–Crippen MR) is 87.2 cm³/mol. The molecule has 114 valence electrons. The number of amides is 1. The number of hydrogen-bond acceptors (Lipinski definition) is 5. The highest BCUT2D eigenvalue weighted by Gasteiger charge is 2.07. The highest BCUT2D eigenvalue weighted by atomic mass is 16.1. The molecular weight excluding hydrogens is 290 g/mol. The Kier molecular flexibility index (Phi) is 4.54. The monoisotopic (exact) mass is 305 g/mol. The van der Waals surface area contributed by atoms with Gasteiger partial charge in [0.15, 0.2) is 0 Å². The molecule has 6 heteroatoms. The summed E-state index contributed by atoms with van der Waals surface area (Å²) in [6, 6.07) is 13.2. The molecule has 0 fully saturated rings. The maximum atomic E-state index is 12.2. The average Bonchev–Trinajstić information content (AvgIpc) is 2.62. The highest BCUT2D eigenvalue weighted by Crippen LogP contribution is 2.12. The lowest BCUT2D eigenvalue weighted by molar-refractivity contribution is 0.0950.